The Morgan fingerprint density at radius 3 is 2.12 bits per heavy atom. The van der Waals surface area contributed by atoms with Crippen LogP contribution in [0.25, 0.3) is 0 Å². The molecule has 7 nitrogen and oxygen atoms in total. The molecule has 0 radical (unpaired) electrons. The lowest BCUT2D eigenvalue weighted by atomic mass is 10.1. The smallest absolute Gasteiger partial charge is 0.163 e. The van der Waals surface area contributed by atoms with E-state index in [0.29, 0.717) is 0 Å². The second-order valence-electron chi connectivity index (χ2n) is 6.74. The minimum absolute atomic E-state index is 0.723. The fourth-order valence-corrected chi connectivity index (χ4v) is 3.15. The van der Waals surface area contributed by atoms with E-state index >= 15 is 0 Å². The number of thioether (sulfide) groups is 1. The standard InChI is InChI=1S/C16H25N3OS.C8H10O.2CH2O/c1-13(11-14-7-6-8-15(12-14)20-4)18-16(21-5)19(3)10-9-17-2;1-7-3-5-8(9-2)6-4-7;2*1-2/h6-8,12,17H,1,9-11H2,2-5H3;3-6H,1-2H3;2*1H2. The van der Waals surface area contributed by atoms with Crippen LogP contribution in [0.3, 0.4) is 0 Å². The number of carbonyl (C=O) groups is 2. The summed E-state index contributed by atoms with van der Waals surface area (Å²) in [5.41, 5.74) is 3.26. The molecule has 0 aliphatic carbocycles. The van der Waals surface area contributed by atoms with Gasteiger partial charge in [0.15, 0.2) is 5.17 Å². The molecular weight excluding hydrogens is 450 g/mol. The summed E-state index contributed by atoms with van der Waals surface area (Å²) in [6, 6.07) is 16.0. The minimum atomic E-state index is 0.723. The highest BCUT2D eigenvalue weighted by Gasteiger charge is 2.06. The molecule has 0 aliphatic heterocycles. The SMILES string of the molecule is C=C(Cc1cccc(OC)c1)N=C(SC)N(C)CCNC.C=O.C=O.COc1ccc(C)cc1. The first kappa shape index (κ1) is 33.1. The largest absolute Gasteiger partial charge is 0.497 e. The lowest BCUT2D eigenvalue weighted by Crippen LogP contribution is -2.31. The molecular formula is C26H39N3O4S. The molecule has 0 unspecified atom stereocenters. The fourth-order valence-electron chi connectivity index (χ4n) is 2.53. The molecule has 8 heteroatoms. The molecule has 0 fully saturated rings. The van der Waals surface area contributed by atoms with Crippen LogP contribution in [-0.2, 0) is 16.0 Å². The van der Waals surface area contributed by atoms with Gasteiger partial charge in [0.25, 0.3) is 0 Å². The lowest BCUT2D eigenvalue weighted by Gasteiger charge is -2.19. The molecule has 1 N–H and O–H groups in total. The topological polar surface area (TPSA) is 80.2 Å². The van der Waals surface area contributed by atoms with Crippen molar-refractivity contribution in [3.63, 3.8) is 0 Å². The van der Waals surface area contributed by atoms with Crippen LogP contribution < -0.4 is 14.8 Å². The van der Waals surface area contributed by atoms with Crippen LogP contribution in [0.4, 0.5) is 0 Å². The maximum Gasteiger partial charge on any atom is 0.163 e. The Morgan fingerprint density at radius 1 is 1.03 bits per heavy atom. The lowest BCUT2D eigenvalue weighted by molar-refractivity contribution is -0.0987. The molecule has 0 aromatic heterocycles. The monoisotopic (exact) mass is 489 g/mol. The first-order valence-electron chi connectivity index (χ1n) is 10.4. The Bertz CT molecular complexity index is 827. The van der Waals surface area contributed by atoms with E-state index in [-0.39, 0.29) is 0 Å². The highest BCUT2D eigenvalue weighted by molar-refractivity contribution is 8.13. The van der Waals surface area contributed by atoms with Crippen LogP contribution >= 0.6 is 11.8 Å². The van der Waals surface area contributed by atoms with Gasteiger partial charge in [-0.2, -0.15) is 0 Å². The number of aryl methyl sites for hydroxylation is 1. The van der Waals surface area contributed by atoms with Crippen molar-refractivity contribution in [1.82, 2.24) is 10.2 Å². The zero-order valence-corrected chi connectivity index (χ0v) is 22.1. The molecule has 0 spiro atoms. The predicted molar refractivity (Wildman–Crippen MR) is 145 cm³/mol. The second kappa shape index (κ2) is 21.7. The van der Waals surface area contributed by atoms with Crippen molar-refractivity contribution in [2.24, 2.45) is 4.99 Å². The van der Waals surface area contributed by atoms with E-state index in [2.05, 4.69) is 34.8 Å². The molecule has 0 saturated heterocycles. The second-order valence-corrected chi connectivity index (χ2v) is 7.51. The van der Waals surface area contributed by atoms with E-state index in [1.807, 2.05) is 76.4 Å². The number of methoxy groups -OCH3 is 2. The van der Waals surface area contributed by atoms with Gasteiger partial charge in [0, 0.05) is 32.3 Å². The van der Waals surface area contributed by atoms with Crippen LogP contribution in [0, 0.1) is 6.92 Å². The Morgan fingerprint density at radius 2 is 1.62 bits per heavy atom. The van der Waals surface area contributed by atoms with Crippen molar-refractivity contribution < 1.29 is 19.1 Å². The summed E-state index contributed by atoms with van der Waals surface area (Å²) in [6.45, 7) is 12.0. The maximum atomic E-state index is 8.00. The quantitative estimate of drug-likeness (QED) is 0.438. The van der Waals surface area contributed by atoms with Gasteiger partial charge < -0.3 is 29.3 Å². The normalized spacial score (nSPS) is 9.65. The Hall–Kier alpha value is -3.10. The van der Waals surface area contributed by atoms with Gasteiger partial charge in [-0.05, 0) is 50.1 Å². The summed E-state index contributed by atoms with van der Waals surface area (Å²) in [4.78, 5) is 22.8. The van der Waals surface area contributed by atoms with Gasteiger partial charge in [-0.25, -0.2) is 4.99 Å². The van der Waals surface area contributed by atoms with Crippen molar-refractivity contribution in [3.8, 4) is 11.5 Å². The van der Waals surface area contributed by atoms with E-state index in [0.717, 1.165) is 47.4 Å². The minimum Gasteiger partial charge on any atom is -0.497 e. The third kappa shape index (κ3) is 14.9. The van der Waals surface area contributed by atoms with Crippen molar-refractivity contribution in [1.29, 1.82) is 0 Å². The molecule has 0 saturated carbocycles. The van der Waals surface area contributed by atoms with Gasteiger partial charge in [0.1, 0.15) is 25.1 Å². The average molecular weight is 490 g/mol. The van der Waals surface area contributed by atoms with Gasteiger partial charge in [-0.3, -0.25) is 0 Å². The third-order valence-corrected chi connectivity index (χ3v) is 5.03. The number of hydrogen-bond acceptors (Lipinski definition) is 7. The van der Waals surface area contributed by atoms with Gasteiger partial charge in [-0.1, -0.05) is 48.2 Å². The summed E-state index contributed by atoms with van der Waals surface area (Å²) in [5, 5.41) is 4.13. The Balaban J connectivity index is 0. The number of likely N-dealkylation sites (N-methyl/N-ethyl adjacent to an activating group) is 2. The molecule has 34 heavy (non-hydrogen) atoms. The van der Waals surface area contributed by atoms with Crippen LogP contribution in [0.5, 0.6) is 11.5 Å². The van der Waals surface area contributed by atoms with Gasteiger partial charge in [0.05, 0.1) is 14.2 Å². The number of carbonyl (C=O) groups excluding carboxylic acids is 2. The molecule has 188 valence electrons. The first-order valence-corrected chi connectivity index (χ1v) is 11.6. The van der Waals surface area contributed by atoms with E-state index < -0.39 is 0 Å². The van der Waals surface area contributed by atoms with Crippen molar-refractivity contribution in [2.45, 2.75) is 13.3 Å². The number of aliphatic imine (C=N–C) groups is 1. The zero-order valence-electron chi connectivity index (χ0n) is 21.3. The maximum absolute atomic E-state index is 8.00. The molecule has 0 aliphatic rings. The number of benzene rings is 2. The average Bonchev–Trinajstić information content (AvgIpc) is 2.89. The Labute approximate surface area is 209 Å². The van der Waals surface area contributed by atoms with Crippen molar-refractivity contribution in [2.75, 3.05) is 47.7 Å². The number of nitrogens with one attached hydrogen (secondary N) is 1. The number of nitrogens with zero attached hydrogens (tertiary/aromatic N) is 2. The summed E-state index contributed by atoms with van der Waals surface area (Å²) >= 11 is 1.64. The fraction of sp³-hybridized carbons (Fsp3) is 0.346. The molecule has 0 atom stereocenters. The van der Waals surface area contributed by atoms with Crippen molar-refractivity contribution >= 4 is 30.5 Å². The molecule has 2 aromatic carbocycles. The summed E-state index contributed by atoms with van der Waals surface area (Å²) in [7, 11) is 7.34. The molecule has 2 rings (SSSR count). The highest BCUT2D eigenvalue weighted by Crippen LogP contribution is 2.17. The summed E-state index contributed by atoms with van der Waals surface area (Å²) in [6.07, 6.45) is 2.76. The van der Waals surface area contributed by atoms with Gasteiger partial charge in [0.2, 0.25) is 0 Å². The molecule has 0 amide bonds. The van der Waals surface area contributed by atoms with E-state index in [1.54, 1.807) is 26.0 Å². The first-order chi connectivity index (χ1) is 16.4. The van der Waals surface area contributed by atoms with Gasteiger partial charge >= 0.3 is 0 Å². The molecule has 0 heterocycles. The number of ether oxygens (including phenoxy) is 2. The third-order valence-electron chi connectivity index (χ3n) is 4.26. The Kier molecular flexibility index (Phi) is 21.1. The van der Waals surface area contributed by atoms with Crippen LogP contribution in [0.15, 0.2) is 65.8 Å². The van der Waals surface area contributed by atoms with Crippen LogP contribution in [0.2, 0.25) is 0 Å². The van der Waals surface area contributed by atoms with Crippen LogP contribution in [-0.4, -0.2) is 71.3 Å². The van der Waals surface area contributed by atoms with E-state index in [4.69, 9.17) is 19.1 Å². The molecule has 0 bridgehead atoms. The number of amidine groups is 1. The van der Waals surface area contributed by atoms with E-state index in [9.17, 15) is 0 Å². The van der Waals surface area contributed by atoms with E-state index in [1.165, 1.54) is 5.56 Å². The van der Waals surface area contributed by atoms with Gasteiger partial charge in [-0.15, -0.1) is 0 Å². The molecule has 2 aromatic rings. The predicted octanol–water partition coefficient (Wildman–Crippen LogP) is 4.26. The number of rotatable bonds is 8. The van der Waals surface area contributed by atoms with Crippen LogP contribution in [0.1, 0.15) is 11.1 Å². The van der Waals surface area contributed by atoms with Crippen molar-refractivity contribution in [3.05, 3.63) is 71.9 Å². The zero-order chi connectivity index (χ0) is 26.4. The summed E-state index contributed by atoms with van der Waals surface area (Å²) in [5.74, 6) is 1.78. The summed E-state index contributed by atoms with van der Waals surface area (Å²) < 4.78 is 10.2. The number of allylic oxidation sites excluding steroid dienone is 1. The highest BCUT2D eigenvalue weighted by atomic mass is 32.2. The number of hydrogen-bond donors (Lipinski definition) is 1.